The smallest absolute Gasteiger partial charge is 0.228 e. The van der Waals surface area contributed by atoms with Crippen LogP contribution in [0, 0.1) is 18.3 Å². The van der Waals surface area contributed by atoms with Crippen LogP contribution < -0.4 is 5.32 Å². The van der Waals surface area contributed by atoms with Gasteiger partial charge in [0.05, 0.1) is 5.41 Å². The van der Waals surface area contributed by atoms with E-state index >= 15 is 0 Å². The molecule has 0 spiro atoms. The maximum Gasteiger partial charge on any atom is 0.228 e. The van der Waals surface area contributed by atoms with E-state index in [9.17, 15) is 9.59 Å². The normalized spacial score (nSPS) is 21.9. The molecule has 1 saturated carbocycles. The summed E-state index contributed by atoms with van der Waals surface area (Å²) in [5, 5.41) is 7.26. The molecule has 2 aromatic rings. The van der Waals surface area contributed by atoms with Crippen LogP contribution in [0.25, 0.3) is 11.3 Å². The third kappa shape index (κ3) is 4.68. The van der Waals surface area contributed by atoms with Crippen LogP contribution >= 0.6 is 0 Å². The van der Waals surface area contributed by atoms with E-state index < -0.39 is 5.41 Å². The number of carbonyl (C=O) groups is 2. The van der Waals surface area contributed by atoms with Gasteiger partial charge in [0.15, 0.2) is 0 Å². The summed E-state index contributed by atoms with van der Waals surface area (Å²) in [5.41, 5.74) is 2.29. The molecule has 2 heterocycles. The second-order valence-electron chi connectivity index (χ2n) is 9.21. The monoisotopic (exact) mass is 423 g/mol. The van der Waals surface area contributed by atoms with Gasteiger partial charge in [-0.3, -0.25) is 9.59 Å². The van der Waals surface area contributed by atoms with Crippen molar-refractivity contribution in [3.05, 3.63) is 41.7 Å². The number of rotatable bonds is 6. The molecule has 1 saturated heterocycles. The number of nitrogens with zero attached hydrogens (tertiary/aromatic N) is 2. The van der Waals surface area contributed by atoms with Crippen molar-refractivity contribution in [2.75, 3.05) is 19.6 Å². The molecular weight excluding hydrogens is 390 g/mol. The highest BCUT2D eigenvalue weighted by atomic mass is 16.5. The van der Waals surface area contributed by atoms with Gasteiger partial charge in [-0.15, -0.1) is 0 Å². The fourth-order valence-corrected chi connectivity index (χ4v) is 5.10. The Morgan fingerprint density at radius 3 is 2.65 bits per heavy atom. The molecule has 2 aliphatic rings. The van der Waals surface area contributed by atoms with Crippen LogP contribution in [0.1, 0.15) is 56.8 Å². The van der Waals surface area contributed by atoms with Gasteiger partial charge in [-0.1, -0.05) is 47.8 Å². The summed E-state index contributed by atoms with van der Waals surface area (Å²) in [6, 6.07) is 10.1. The zero-order valence-electron chi connectivity index (χ0n) is 18.7. The Balaban J connectivity index is 1.55. The summed E-state index contributed by atoms with van der Waals surface area (Å²) in [7, 11) is 0. The highest BCUT2D eigenvalue weighted by Gasteiger charge is 2.45. The molecule has 1 aromatic carbocycles. The van der Waals surface area contributed by atoms with Crippen molar-refractivity contribution >= 4 is 11.8 Å². The number of piperidine rings is 1. The number of hydrogen-bond donors (Lipinski definition) is 1. The Morgan fingerprint density at radius 1 is 1.19 bits per heavy atom. The van der Waals surface area contributed by atoms with E-state index in [0.717, 1.165) is 56.3 Å². The van der Waals surface area contributed by atoms with Gasteiger partial charge in [-0.25, -0.2) is 0 Å². The molecule has 1 aliphatic heterocycles. The lowest BCUT2D eigenvalue weighted by atomic mass is 9.75. The standard InChI is InChI=1S/C25H33N3O3/c1-3-26-24(30)25(13-6-14-28(17-25)23(29)20-7-4-5-8-20)16-21-15-22(27-31-21)19-11-9-18(2)10-12-19/h9-12,15,20H,3-8,13-14,16-17H2,1-2H3,(H,26,30). The summed E-state index contributed by atoms with van der Waals surface area (Å²) in [5.74, 6) is 1.05. The zero-order chi connectivity index (χ0) is 21.8. The number of carbonyl (C=O) groups excluding carboxylic acids is 2. The predicted octanol–water partition coefficient (Wildman–Crippen LogP) is 4.13. The summed E-state index contributed by atoms with van der Waals surface area (Å²) in [6.45, 7) is 5.74. The van der Waals surface area contributed by atoms with Crippen LogP contribution in [0.2, 0.25) is 0 Å². The minimum Gasteiger partial charge on any atom is -0.361 e. The highest BCUT2D eigenvalue weighted by molar-refractivity contribution is 5.85. The van der Waals surface area contributed by atoms with Crippen molar-refractivity contribution in [2.24, 2.45) is 11.3 Å². The van der Waals surface area contributed by atoms with Gasteiger partial charge in [-0.05, 0) is 39.5 Å². The van der Waals surface area contributed by atoms with Gasteiger partial charge < -0.3 is 14.7 Å². The maximum atomic E-state index is 13.2. The largest absolute Gasteiger partial charge is 0.361 e. The minimum atomic E-state index is -0.674. The van der Waals surface area contributed by atoms with Gasteiger partial charge in [-0.2, -0.15) is 0 Å². The lowest BCUT2D eigenvalue weighted by Gasteiger charge is -2.42. The van der Waals surface area contributed by atoms with E-state index in [4.69, 9.17) is 4.52 Å². The van der Waals surface area contributed by atoms with Crippen LogP contribution in [0.4, 0.5) is 0 Å². The first-order valence-electron chi connectivity index (χ1n) is 11.6. The highest BCUT2D eigenvalue weighted by Crippen LogP contribution is 2.37. The second kappa shape index (κ2) is 9.25. The topological polar surface area (TPSA) is 75.4 Å². The Kier molecular flexibility index (Phi) is 6.44. The van der Waals surface area contributed by atoms with Crippen LogP contribution in [-0.4, -0.2) is 41.5 Å². The number of nitrogens with one attached hydrogen (secondary N) is 1. The zero-order valence-corrected chi connectivity index (χ0v) is 18.7. The first-order chi connectivity index (χ1) is 15.0. The molecule has 6 nitrogen and oxygen atoms in total. The molecule has 0 radical (unpaired) electrons. The molecule has 2 fully saturated rings. The quantitative estimate of drug-likeness (QED) is 0.758. The van der Waals surface area contributed by atoms with Crippen molar-refractivity contribution in [1.29, 1.82) is 0 Å². The first kappa shape index (κ1) is 21.6. The predicted molar refractivity (Wildman–Crippen MR) is 119 cm³/mol. The molecule has 2 amide bonds. The van der Waals surface area contributed by atoms with E-state index in [0.29, 0.717) is 25.3 Å². The number of aryl methyl sites for hydroxylation is 1. The van der Waals surface area contributed by atoms with E-state index in [1.165, 1.54) is 5.56 Å². The van der Waals surface area contributed by atoms with Gasteiger partial charge in [0.2, 0.25) is 11.8 Å². The number of hydrogen-bond acceptors (Lipinski definition) is 4. The summed E-state index contributed by atoms with van der Waals surface area (Å²) >= 11 is 0. The second-order valence-corrected chi connectivity index (χ2v) is 9.21. The van der Waals surface area contributed by atoms with Crippen LogP contribution in [0.15, 0.2) is 34.9 Å². The molecule has 1 unspecified atom stereocenters. The molecule has 31 heavy (non-hydrogen) atoms. The van der Waals surface area contributed by atoms with Crippen LogP contribution in [0.5, 0.6) is 0 Å². The third-order valence-electron chi connectivity index (χ3n) is 6.83. The van der Waals surface area contributed by atoms with Crippen molar-refractivity contribution in [3.63, 3.8) is 0 Å². The fraction of sp³-hybridized carbons (Fsp3) is 0.560. The Morgan fingerprint density at radius 2 is 1.94 bits per heavy atom. The molecule has 4 rings (SSSR count). The molecule has 6 heteroatoms. The van der Waals surface area contributed by atoms with Crippen molar-refractivity contribution in [2.45, 2.75) is 58.8 Å². The molecule has 1 aliphatic carbocycles. The first-order valence-corrected chi connectivity index (χ1v) is 11.6. The van der Waals surface area contributed by atoms with Crippen LogP contribution in [-0.2, 0) is 16.0 Å². The number of amides is 2. The van der Waals surface area contributed by atoms with Crippen molar-refractivity contribution < 1.29 is 14.1 Å². The number of aromatic nitrogens is 1. The fourth-order valence-electron chi connectivity index (χ4n) is 5.10. The molecule has 1 atom stereocenters. The molecule has 166 valence electrons. The number of likely N-dealkylation sites (tertiary alicyclic amines) is 1. The van der Waals surface area contributed by atoms with E-state index in [-0.39, 0.29) is 17.7 Å². The minimum absolute atomic E-state index is 0.00667. The Bertz CT molecular complexity index is 914. The van der Waals surface area contributed by atoms with Gasteiger partial charge in [0, 0.05) is 43.6 Å². The number of benzene rings is 1. The molecule has 1 aromatic heterocycles. The summed E-state index contributed by atoms with van der Waals surface area (Å²) in [6.07, 6.45) is 6.24. The summed E-state index contributed by atoms with van der Waals surface area (Å²) < 4.78 is 5.67. The third-order valence-corrected chi connectivity index (χ3v) is 6.83. The van der Waals surface area contributed by atoms with Crippen molar-refractivity contribution in [3.8, 4) is 11.3 Å². The average molecular weight is 424 g/mol. The average Bonchev–Trinajstić information content (AvgIpc) is 3.47. The SMILES string of the molecule is CCNC(=O)C1(Cc2cc(-c3ccc(C)cc3)no2)CCCN(C(=O)C2CCCC2)C1. The van der Waals surface area contributed by atoms with E-state index in [1.807, 2.05) is 42.2 Å². The molecule has 0 bridgehead atoms. The van der Waals surface area contributed by atoms with E-state index in [1.54, 1.807) is 0 Å². The van der Waals surface area contributed by atoms with Crippen molar-refractivity contribution in [1.82, 2.24) is 15.4 Å². The maximum absolute atomic E-state index is 13.2. The Hall–Kier alpha value is -2.63. The molecular formula is C25H33N3O3. The van der Waals surface area contributed by atoms with Crippen LogP contribution in [0.3, 0.4) is 0 Å². The lowest BCUT2D eigenvalue weighted by Crippen LogP contribution is -2.55. The van der Waals surface area contributed by atoms with E-state index in [2.05, 4.69) is 17.4 Å². The Labute approximate surface area is 184 Å². The lowest BCUT2D eigenvalue weighted by molar-refractivity contribution is -0.144. The summed E-state index contributed by atoms with van der Waals surface area (Å²) in [4.78, 5) is 28.2. The van der Waals surface area contributed by atoms with Gasteiger partial charge in [0.25, 0.3) is 0 Å². The molecule has 1 N–H and O–H groups in total. The van der Waals surface area contributed by atoms with Gasteiger partial charge in [0.1, 0.15) is 11.5 Å². The van der Waals surface area contributed by atoms with Gasteiger partial charge >= 0.3 is 0 Å².